The van der Waals surface area contributed by atoms with Crippen molar-refractivity contribution in [2.24, 2.45) is 11.8 Å². The number of halogens is 1. The summed E-state index contributed by atoms with van der Waals surface area (Å²) >= 11 is 0. The highest BCUT2D eigenvalue weighted by molar-refractivity contribution is 5.96. The van der Waals surface area contributed by atoms with Crippen molar-refractivity contribution >= 4 is 17.6 Å². The zero-order chi connectivity index (χ0) is 15.7. The predicted octanol–water partition coefficient (Wildman–Crippen LogP) is 1.60. The van der Waals surface area contributed by atoms with E-state index in [0.29, 0.717) is 17.8 Å². The number of carbonyl (C=O) groups is 2. The highest BCUT2D eigenvalue weighted by atomic mass is 19.1. The highest BCUT2D eigenvalue weighted by Crippen LogP contribution is 2.27. The van der Waals surface area contributed by atoms with E-state index in [1.165, 1.54) is 24.1 Å². The number of likely N-dealkylation sites (tertiary alicyclic amines) is 1. The molecule has 5 nitrogen and oxygen atoms in total. The molecule has 2 rings (SSSR count). The molecule has 2 unspecified atom stereocenters. The molecule has 114 valence electrons. The maximum Gasteiger partial charge on any atom is 0.310 e. The fraction of sp³-hybridized carbons (Fsp3) is 0.467. The number of nitrogens with two attached hydrogens (primary N) is 1. The summed E-state index contributed by atoms with van der Waals surface area (Å²) < 4.78 is 18.8. The Kier molecular flexibility index (Phi) is 4.16. The zero-order valence-corrected chi connectivity index (χ0v) is 12.4. The monoisotopic (exact) mass is 294 g/mol. The minimum atomic E-state index is -0.566. The fourth-order valence-electron chi connectivity index (χ4n) is 2.71. The van der Waals surface area contributed by atoms with E-state index in [1.807, 2.05) is 6.92 Å². The standard InChI is InChI=1S/C15H19FN2O3/c1-8-4-10(17)5-11(13(8)16)14(19)18-6-9(2)12(7-18)15(20)21-3/h4-5,9,12H,6-7,17H2,1-3H3. The lowest BCUT2D eigenvalue weighted by atomic mass is 9.99. The van der Waals surface area contributed by atoms with Crippen molar-refractivity contribution in [3.05, 3.63) is 29.1 Å². The lowest BCUT2D eigenvalue weighted by molar-refractivity contribution is -0.146. The van der Waals surface area contributed by atoms with Crippen LogP contribution in [0.3, 0.4) is 0 Å². The molecule has 0 aromatic heterocycles. The van der Waals surface area contributed by atoms with E-state index in [-0.39, 0.29) is 29.9 Å². The molecule has 0 saturated carbocycles. The van der Waals surface area contributed by atoms with Crippen LogP contribution < -0.4 is 5.73 Å². The van der Waals surface area contributed by atoms with E-state index in [2.05, 4.69) is 0 Å². The van der Waals surface area contributed by atoms with Crippen molar-refractivity contribution in [1.82, 2.24) is 4.90 Å². The Balaban J connectivity index is 2.24. The number of esters is 1. The predicted molar refractivity (Wildman–Crippen MR) is 76.1 cm³/mol. The Morgan fingerprint density at radius 2 is 2.05 bits per heavy atom. The fourth-order valence-corrected chi connectivity index (χ4v) is 2.71. The number of amides is 1. The summed E-state index contributed by atoms with van der Waals surface area (Å²) in [5.74, 6) is -1.75. The van der Waals surface area contributed by atoms with Gasteiger partial charge in [0.15, 0.2) is 0 Å². The number of hydrogen-bond acceptors (Lipinski definition) is 4. The SMILES string of the molecule is COC(=O)C1CN(C(=O)c2cc(N)cc(C)c2F)CC1C. The first-order valence-corrected chi connectivity index (χ1v) is 6.77. The molecule has 6 heteroatoms. The lowest BCUT2D eigenvalue weighted by Crippen LogP contribution is -2.31. The Hall–Kier alpha value is -2.11. The van der Waals surface area contributed by atoms with Gasteiger partial charge in [-0.3, -0.25) is 9.59 Å². The van der Waals surface area contributed by atoms with E-state index in [1.54, 1.807) is 6.92 Å². The van der Waals surface area contributed by atoms with Gasteiger partial charge in [0.25, 0.3) is 5.91 Å². The first-order valence-electron chi connectivity index (χ1n) is 6.77. The number of anilines is 1. The van der Waals surface area contributed by atoms with Crippen LogP contribution in [-0.4, -0.2) is 37.0 Å². The van der Waals surface area contributed by atoms with Gasteiger partial charge < -0.3 is 15.4 Å². The van der Waals surface area contributed by atoms with Gasteiger partial charge in [0.05, 0.1) is 18.6 Å². The van der Waals surface area contributed by atoms with Crippen LogP contribution in [0.4, 0.5) is 10.1 Å². The van der Waals surface area contributed by atoms with Gasteiger partial charge in [0.2, 0.25) is 0 Å². The first kappa shape index (κ1) is 15.3. The Morgan fingerprint density at radius 1 is 1.38 bits per heavy atom. The van der Waals surface area contributed by atoms with Crippen molar-refractivity contribution in [2.75, 3.05) is 25.9 Å². The highest BCUT2D eigenvalue weighted by Gasteiger charge is 2.38. The van der Waals surface area contributed by atoms with Gasteiger partial charge in [0, 0.05) is 18.8 Å². The third-order valence-corrected chi connectivity index (χ3v) is 3.91. The number of carbonyl (C=O) groups excluding carboxylic acids is 2. The molecule has 2 N–H and O–H groups in total. The van der Waals surface area contributed by atoms with E-state index in [0.717, 1.165) is 0 Å². The number of nitrogens with zero attached hydrogens (tertiary/aromatic N) is 1. The van der Waals surface area contributed by atoms with E-state index < -0.39 is 11.7 Å². The topological polar surface area (TPSA) is 72.6 Å². The quantitative estimate of drug-likeness (QED) is 0.664. The molecule has 1 aliphatic rings. The van der Waals surface area contributed by atoms with Gasteiger partial charge in [-0.05, 0) is 30.5 Å². The molecule has 0 bridgehead atoms. The van der Waals surface area contributed by atoms with Crippen LogP contribution in [0.5, 0.6) is 0 Å². The number of benzene rings is 1. The van der Waals surface area contributed by atoms with Gasteiger partial charge in [-0.15, -0.1) is 0 Å². The molecule has 2 atom stereocenters. The number of rotatable bonds is 2. The van der Waals surface area contributed by atoms with Crippen LogP contribution >= 0.6 is 0 Å². The minimum Gasteiger partial charge on any atom is -0.469 e. The van der Waals surface area contributed by atoms with Crippen LogP contribution in [-0.2, 0) is 9.53 Å². The number of hydrogen-bond donors (Lipinski definition) is 1. The summed E-state index contributed by atoms with van der Waals surface area (Å²) in [5, 5.41) is 0. The summed E-state index contributed by atoms with van der Waals surface area (Å²) in [7, 11) is 1.32. The van der Waals surface area contributed by atoms with Crippen molar-refractivity contribution in [3.63, 3.8) is 0 Å². The number of ether oxygens (including phenoxy) is 1. The Labute approximate surface area is 122 Å². The molecule has 1 aromatic carbocycles. The molecule has 0 spiro atoms. The lowest BCUT2D eigenvalue weighted by Gasteiger charge is -2.17. The summed E-state index contributed by atoms with van der Waals surface area (Å²) in [6, 6.07) is 2.82. The average molecular weight is 294 g/mol. The Morgan fingerprint density at radius 3 is 2.67 bits per heavy atom. The molecule has 21 heavy (non-hydrogen) atoms. The number of nitrogen functional groups attached to an aromatic ring is 1. The molecule has 1 aromatic rings. The minimum absolute atomic E-state index is 0.0217. The van der Waals surface area contributed by atoms with Crippen LogP contribution in [0.25, 0.3) is 0 Å². The summed E-state index contributed by atoms with van der Waals surface area (Å²) in [6.45, 7) is 4.06. The largest absolute Gasteiger partial charge is 0.469 e. The normalized spacial score (nSPS) is 21.4. The van der Waals surface area contributed by atoms with Crippen LogP contribution in [0.1, 0.15) is 22.8 Å². The molecule has 1 aliphatic heterocycles. The first-order chi connectivity index (χ1) is 9.85. The van der Waals surface area contributed by atoms with Crippen molar-refractivity contribution in [1.29, 1.82) is 0 Å². The summed E-state index contributed by atoms with van der Waals surface area (Å²) in [4.78, 5) is 25.6. The van der Waals surface area contributed by atoms with Gasteiger partial charge in [-0.2, -0.15) is 0 Å². The Bertz CT molecular complexity index is 589. The molecule has 1 amide bonds. The van der Waals surface area contributed by atoms with Gasteiger partial charge >= 0.3 is 5.97 Å². The average Bonchev–Trinajstić information content (AvgIpc) is 2.83. The van der Waals surface area contributed by atoms with E-state index >= 15 is 0 Å². The molecular formula is C15H19FN2O3. The number of methoxy groups -OCH3 is 1. The molecule has 1 saturated heterocycles. The van der Waals surface area contributed by atoms with Gasteiger partial charge in [0.1, 0.15) is 5.82 Å². The molecular weight excluding hydrogens is 275 g/mol. The molecule has 1 heterocycles. The zero-order valence-electron chi connectivity index (χ0n) is 12.4. The third kappa shape index (κ3) is 2.84. The van der Waals surface area contributed by atoms with Crippen LogP contribution in [0.15, 0.2) is 12.1 Å². The summed E-state index contributed by atoms with van der Waals surface area (Å²) in [6.07, 6.45) is 0. The molecule has 0 aliphatic carbocycles. The smallest absolute Gasteiger partial charge is 0.310 e. The second kappa shape index (κ2) is 5.71. The van der Waals surface area contributed by atoms with Crippen molar-refractivity contribution < 1.29 is 18.7 Å². The maximum absolute atomic E-state index is 14.1. The molecule has 0 radical (unpaired) electrons. The van der Waals surface area contributed by atoms with E-state index in [4.69, 9.17) is 10.5 Å². The molecule has 1 fully saturated rings. The second-order valence-electron chi connectivity index (χ2n) is 5.52. The van der Waals surface area contributed by atoms with Crippen molar-refractivity contribution in [3.8, 4) is 0 Å². The van der Waals surface area contributed by atoms with Crippen LogP contribution in [0, 0.1) is 24.6 Å². The van der Waals surface area contributed by atoms with Gasteiger partial charge in [-0.25, -0.2) is 4.39 Å². The third-order valence-electron chi connectivity index (χ3n) is 3.91. The summed E-state index contributed by atoms with van der Waals surface area (Å²) in [5.41, 5.74) is 6.30. The van der Waals surface area contributed by atoms with Gasteiger partial charge in [-0.1, -0.05) is 6.92 Å². The van der Waals surface area contributed by atoms with Crippen molar-refractivity contribution in [2.45, 2.75) is 13.8 Å². The maximum atomic E-state index is 14.1. The second-order valence-corrected chi connectivity index (χ2v) is 5.52. The van der Waals surface area contributed by atoms with E-state index in [9.17, 15) is 14.0 Å². The van der Waals surface area contributed by atoms with Crippen LogP contribution in [0.2, 0.25) is 0 Å². The number of aryl methyl sites for hydroxylation is 1.